The maximum Gasteiger partial charge on any atom is 0.294 e. The molecule has 0 bridgehead atoms. The molecule has 0 atom stereocenters. The summed E-state index contributed by atoms with van der Waals surface area (Å²) in [5.41, 5.74) is 0.199. The second-order valence-corrected chi connectivity index (χ2v) is 3.54. The van der Waals surface area contributed by atoms with Gasteiger partial charge in [0, 0.05) is 0 Å². The van der Waals surface area contributed by atoms with Gasteiger partial charge in [0.05, 0.1) is 16.5 Å². The summed E-state index contributed by atoms with van der Waals surface area (Å²) < 4.78 is 29.7. The molecule has 0 unspecified atom stereocenters. The van der Waals surface area contributed by atoms with Crippen molar-refractivity contribution in [3.63, 3.8) is 0 Å². The van der Waals surface area contributed by atoms with Gasteiger partial charge in [-0.3, -0.25) is 4.55 Å². The molecule has 4 nitrogen and oxygen atoms in total. The number of nitriles is 1. The van der Waals surface area contributed by atoms with Crippen LogP contribution < -0.4 is 0 Å². The standard InChI is InChI=1S/C7H5NO3S/c8-5-6-2-1-3-7(4-6)12(9,10)11/h1-4H,(H,9,10,11)/i12+3. The van der Waals surface area contributed by atoms with Crippen molar-refractivity contribution >= 4 is 10.1 Å². The fourth-order valence-electron chi connectivity index (χ4n) is 0.726. The Bertz CT molecular complexity index is 430. The van der Waals surface area contributed by atoms with E-state index in [9.17, 15) is 8.42 Å². The van der Waals surface area contributed by atoms with E-state index in [2.05, 4.69) is 0 Å². The van der Waals surface area contributed by atoms with E-state index in [1.807, 2.05) is 0 Å². The highest BCUT2D eigenvalue weighted by Crippen LogP contribution is 2.09. The molecule has 62 valence electrons. The predicted molar refractivity (Wildman–Crippen MR) is 41.0 cm³/mol. The third kappa shape index (κ3) is 1.81. The molecule has 0 spiro atoms. The first-order chi connectivity index (χ1) is 5.54. The minimum Gasteiger partial charge on any atom is -0.282 e. The first-order valence-corrected chi connectivity index (χ1v) is 4.46. The molecule has 0 fully saturated rings. The van der Waals surface area contributed by atoms with Crippen LogP contribution in [0.3, 0.4) is 0 Å². The summed E-state index contributed by atoms with van der Waals surface area (Å²) in [7, 11) is -4.19. The van der Waals surface area contributed by atoms with E-state index in [1.54, 1.807) is 6.07 Å². The fraction of sp³-hybridized carbons (Fsp3) is 0. The van der Waals surface area contributed by atoms with Crippen LogP contribution in [-0.4, -0.2) is 13.0 Å². The summed E-state index contributed by atoms with van der Waals surface area (Å²) in [5, 5.41) is 8.40. The van der Waals surface area contributed by atoms with Gasteiger partial charge in [-0.2, -0.15) is 13.7 Å². The van der Waals surface area contributed by atoms with Crippen LogP contribution in [0.25, 0.3) is 0 Å². The normalized spacial score (nSPS) is 10.7. The van der Waals surface area contributed by atoms with Gasteiger partial charge in [-0.05, 0) is 18.2 Å². The van der Waals surface area contributed by atoms with Gasteiger partial charge >= 0.3 is 0 Å². The topological polar surface area (TPSA) is 78.2 Å². The zero-order valence-corrected chi connectivity index (χ0v) is 6.75. The van der Waals surface area contributed by atoms with Crippen molar-refractivity contribution in [2.45, 2.75) is 4.90 Å². The highest BCUT2D eigenvalue weighted by Gasteiger charge is 2.08. The van der Waals surface area contributed by atoms with Gasteiger partial charge in [0.15, 0.2) is 0 Å². The molecule has 0 aliphatic rings. The molecule has 1 rings (SSSR count). The number of hydrogen-bond acceptors (Lipinski definition) is 3. The quantitative estimate of drug-likeness (QED) is 0.658. The average molecular weight is 186 g/mol. The molecule has 0 radical (unpaired) electrons. The first kappa shape index (κ1) is 8.71. The van der Waals surface area contributed by atoms with Crippen molar-refractivity contribution in [3.05, 3.63) is 29.8 Å². The van der Waals surface area contributed by atoms with Crippen molar-refractivity contribution in [2.75, 3.05) is 0 Å². The van der Waals surface area contributed by atoms with Gasteiger partial charge in [0.1, 0.15) is 0 Å². The van der Waals surface area contributed by atoms with Crippen molar-refractivity contribution < 1.29 is 13.0 Å². The highest BCUT2D eigenvalue weighted by molar-refractivity contribution is 7.85. The largest absolute Gasteiger partial charge is 0.294 e. The summed E-state index contributed by atoms with van der Waals surface area (Å²) in [4.78, 5) is -0.262. The molecule has 0 aliphatic heterocycles. The number of nitrogens with zero attached hydrogens (tertiary/aromatic N) is 1. The molecule has 1 N–H and O–H groups in total. The number of rotatable bonds is 1. The summed E-state index contributed by atoms with van der Waals surface area (Å²) in [5.74, 6) is 0. The van der Waals surface area contributed by atoms with Gasteiger partial charge in [-0.25, -0.2) is 0 Å². The molecule has 0 heterocycles. The van der Waals surface area contributed by atoms with Crippen LogP contribution in [0.15, 0.2) is 29.2 Å². The van der Waals surface area contributed by atoms with E-state index < -0.39 is 10.1 Å². The molecule has 0 aliphatic carbocycles. The zero-order chi connectivity index (χ0) is 9.19. The lowest BCUT2D eigenvalue weighted by atomic mass is 10.2. The van der Waals surface area contributed by atoms with Crippen LogP contribution in [0.4, 0.5) is 0 Å². The summed E-state index contributed by atoms with van der Waals surface area (Å²) >= 11 is 0. The Morgan fingerprint density at radius 2 is 2.08 bits per heavy atom. The van der Waals surface area contributed by atoms with Crippen LogP contribution in [0.5, 0.6) is 0 Å². The molecule has 5 heteroatoms. The first-order valence-electron chi connectivity index (χ1n) is 3.02. The second kappa shape index (κ2) is 2.93. The third-order valence-electron chi connectivity index (χ3n) is 1.26. The summed E-state index contributed by atoms with van der Waals surface area (Å²) in [6.45, 7) is 0. The highest BCUT2D eigenvalue weighted by atomic mass is 35.1. The van der Waals surface area contributed by atoms with E-state index in [1.165, 1.54) is 18.2 Å². The van der Waals surface area contributed by atoms with E-state index in [-0.39, 0.29) is 10.5 Å². The molecule has 1 aromatic carbocycles. The Morgan fingerprint density at radius 3 is 2.58 bits per heavy atom. The van der Waals surface area contributed by atoms with Crippen LogP contribution in [0.1, 0.15) is 5.56 Å². The fourth-order valence-corrected chi connectivity index (χ4v) is 1.25. The minimum absolute atomic E-state index is 0.199. The monoisotopic (exact) mass is 186 g/mol. The van der Waals surface area contributed by atoms with E-state index in [4.69, 9.17) is 9.81 Å². The molecule has 0 aromatic heterocycles. The summed E-state index contributed by atoms with van der Waals surface area (Å²) in [6, 6.07) is 6.93. The van der Waals surface area contributed by atoms with Crippen molar-refractivity contribution in [2.24, 2.45) is 0 Å². The maximum atomic E-state index is 10.5. The summed E-state index contributed by atoms with van der Waals surface area (Å²) in [6.07, 6.45) is 0. The Labute approximate surface area is 69.8 Å². The van der Waals surface area contributed by atoms with Gasteiger partial charge in [-0.1, -0.05) is 6.07 Å². The van der Waals surface area contributed by atoms with Gasteiger partial charge in [0.25, 0.3) is 10.1 Å². The third-order valence-corrected chi connectivity index (χ3v) is 2.11. The van der Waals surface area contributed by atoms with Crippen LogP contribution in [-0.2, 0) is 10.1 Å². The van der Waals surface area contributed by atoms with E-state index in [0.29, 0.717) is 0 Å². The lowest BCUT2D eigenvalue weighted by Crippen LogP contribution is -1.97. The van der Waals surface area contributed by atoms with Crippen LogP contribution >= 0.6 is 0 Å². The van der Waals surface area contributed by atoms with Gasteiger partial charge < -0.3 is 0 Å². The molecule has 0 saturated heterocycles. The lowest BCUT2D eigenvalue weighted by molar-refractivity contribution is 0.483. The van der Waals surface area contributed by atoms with Crippen LogP contribution in [0.2, 0.25) is 0 Å². The minimum atomic E-state index is -4.19. The zero-order valence-electron chi connectivity index (χ0n) is 5.93. The molecule has 12 heavy (non-hydrogen) atoms. The van der Waals surface area contributed by atoms with Crippen LogP contribution in [0, 0.1) is 11.3 Å². The Balaban J connectivity index is 3.32. The molecule has 1 aromatic rings. The average Bonchev–Trinajstić information content (AvgIpc) is 2.03. The van der Waals surface area contributed by atoms with E-state index in [0.717, 1.165) is 6.07 Å². The van der Waals surface area contributed by atoms with Crippen molar-refractivity contribution in [3.8, 4) is 6.07 Å². The molecule has 0 saturated carbocycles. The Hall–Kier alpha value is -1.38. The lowest BCUT2D eigenvalue weighted by Gasteiger charge is -1.95. The van der Waals surface area contributed by atoms with Crippen molar-refractivity contribution in [1.82, 2.24) is 0 Å². The van der Waals surface area contributed by atoms with E-state index >= 15 is 0 Å². The van der Waals surface area contributed by atoms with Gasteiger partial charge in [0.2, 0.25) is 0 Å². The molecular weight excluding hydrogens is 181 g/mol. The predicted octanol–water partition coefficient (Wildman–Crippen LogP) is 0.805. The Kier molecular flexibility index (Phi) is 2.13. The second-order valence-electron chi connectivity index (χ2n) is 2.11. The molecular formula is C7H5NO3S. The molecule has 0 amide bonds. The maximum absolute atomic E-state index is 10.5. The van der Waals surface area contributed by atoms with Gasteiger partial charge in [-0.15, -0.1) is 0 Å². The van der Waals surface area contributed by atoms with Crippen molar-refractivity contribution in [1.29, 1.82) is 5.26 Å². The Morgan fingerprint density at radius 1 is 1.42 bits per heavy atom. The smallest absolute Gasteiger partial charge is 0.282 e. The number of hydrogen-bond donors (Lipinski definition) is 1. The SMILES string of the molecule is N#Cc1cccc([35S](=O)(=O)O)c1. The number of benzene rings is 1.